The second-order valence-electron chi connectivity index (χ2n) is 8.97. The second-order valence-corrected chi connectivity index (χ2v) is 10.1. The summed E-state index contributed by atoms with van der Waals surface area (Å²) >= 11 is 1.60. The van der Waals surface area contributed by atoms with Gasteiger partial charge in [-0.05, 0) is 60.5 Å². The highest BCUT2D eigenvalue weighted by molar-refractivity contribution is 7.15. The van der Waals surface area contributed by atoms with E-state index in [1.807, 2.05) is 30.3 Å². The molecule has 0 spiro atoms. The van der Waals surface area contributed by atoms with Gasteiger partial charge in [0.25, 0.3) is 5.56 Å². The van der Waals surface area contributed by atoms with Gasteiger partial charge in [0, 0.05) is 21.3 Å². The van der Waals surface area contributed by atoms with Gasteiger partial charge in [0.15, 0.2) is 11.6 Å². The summed E-state index contributed by atoms with van der Waals surface area (Å²) in [5.41, 5.74) is 8.40. The summed E-state index contributed by atoms with van der Waals surface area (Å²) in [6.45, 7) is 2.16. The minimum Gasteiger partial charge on any atom is -0.383 e. The zero-order chi connectivity index (χ0) is 27.1. The molecule has 0 bridgehead atoms. The number of nitrogen functional groups attached to an aromatic ring is 1. The fraction of sp³-hybridized carbons (Fsp3) is 0.107. The van der Waals surface area contributed by atoms with E-state index in [4.69, 9.17) is 5.73 Å². The van der Waals surface area contributed by atoms with Gasteiger partial charge < -0.3 is 11.1 Å². The Morgan fingerprint density at radius 2 is 1.85 bits per heavy atom. The molecule has 0 radical (unpaired) electrons. The zero-order valence-corrected chi connectivity index (χ0v) is 21.4. The highest BCUT2D eigenvalue weighted by Crippen LogP contribution is 2.32. The first-order chi connectivity index (χ1) is 18.9. The van der Waals surface area contributed by atoms with E-state index in [1.54, 1.807) is 30.5 Å². The van der Waals surface area contributed by atoms with Crippen LogP contribution >= 0.6 is 11.3 Å². The van der Waals surface area contributed by atoms with E-state index in [1.165, 1.54) is 23.3 Å². The van der Waals surface area contributed by atoms with Crippen molar-refractivity contribution in [3.05, 3.63) is 106 Å². The summed E-state index contributed by atoms with van der Waals surface area (Å²) in [5, 5.41) is 4.38. The second kappa shape index (κ2) is 9.84. The van der Waals surface area contributed by atoms with Crippen LogP contribution in [0.4, 0.5) is 20.4 Å². The molecule has 11 heteroatoms. The summed E-state index contributed by atoms with van der Waals surface area (Å²) in [4.78, 5) is 32.7. The summed E-state index contributed by atoms with van der Waals surface area (Å²) in [5.74, 6) is -1.09. The Bertz CT molecular complexity index is 1920. The fourth-order valence-electron chi connectivity index (χ4n) is 4.45. The SMILES string of the molecule is C[C@@H](c1ccc(F)c(F)c1)n1cnc2ccnc(NCc3ccc(-c4ccc5ncnc(N)c5c4)s3)c2c1=O. The number of halogens is 2. The lowest BCUT2D eigenvalue weighted by molar-refractivity contribution is 0.502. The molecule has 4 heterocycles. The molecule has 0 saturated heterocycles. The topological polar surface area (TPSA) is 112 Å². The Morgan fingerprint density at radius 1 is 0.974 bits per heavy atom. The predicted molar refractivity (Wildman–Crippen MR) is 149 cm³/mol. The van der Waals surface area contributed by atoms with Gasteiger partial charge in [-0.25, -0.2) is 28.7 Å². The number of nitrogens with one attached hydrogen (secondary N) is 1. The number of anilines is 2. The smallest absolute Gasteiger partial charge is 0.265 e. The lowest BCUT2D eigenvalue weighted by Crippen LogP contribution is -2.25. The molecule has 3 N–H and O–H groups in total. The third-order valence-electron chi connectivity index (χ3n) is 6.58. The minimum absolute atomic E-state index is 0.316. The average molecular weight is 542 g/mol. The van der Waals surface area contributed by atoms with Gasteiger partial charge in [-0.2, -0.15) is 0 Å². The van der Waals surface area contributed by atoms with Gasteiger partial charge in [-0.1, -0.05) is 12.1 Å². The number of hydrogen-bond donors (Lipinski definition) is 2. The van der Waals surface area contributed by atoms with E-state index in [2.05, 4.69) is 25.3 Å². The third kappa shape index (κ3) is 4.57. The summed E-state index contributed by atoms with van der Waals surface area (Å²) in [6, 6.07) is 14.6. The number of thiophene rings is 1. The van der Waals surface area contributed by atoms with Crippen LogP contribution in [0, 0.1) is 11.6 Å². The number of nitrogens with two attached hydrogens (primary N) is 1. The van der Waals surface area contributed by atoms with Gasteiger partial charge >= 0.3 is 0 Å². The van der Waals surface area contributed by atoms with Gasteiger partial charge in [0.2, 0.25) is 0 Å². The maximum Gasteiger partial charge on any atom is 0.265 e. The number of nitrogens with zero attached hydrogens (tertiary/aromatic N) is 5. The maximum absolute atomic E-state index is 13.8. The van der Waals surface area contributed by atoms with Gasteiger partial charge in [-0.15, -0.1) is 11.3 Å². The Kier molecular flexibility index (Phi) is 6.20. The van der Waals surface area contributed by atoms with E-state index < -0.39 is 17.7 Å². The van der Waals surface area contributed by atoms with Crippen molar-refractivity contribution in [2.75, 3.05) is 11.1 Å². The van der Waals surface area contributed by atoms with Crippen molar-refractivity contribution in [3.8, 4) is 10.4 Å². The normalized spacial score (nSPS) is 12.2. The molecule has 4 aromatic heterocycles. The van der Waals surface area contributed by atoms with Crippen molar-refractivity contribution >= 4 is 44.8 Å². The number of fused-ring (bicyclic) bond motifs is 2. The molecule has 0 aliphatic rings. The van der Waals surface area contributed by atoms with Crippen molar-refractivity contribution in [2.45, 2.75) is 19.5 Å². The first kappa shape index (κ1) is 24.6. The van der Waals surface area contributed by atoms with Crippen LogP contribution in [0.25, 0.3) is 32.2 Å². The van der Waals surface area contributed by atoms with Crippen LogP contribution in [0.1, 0.15) is 23.4 Å². The predicted octanol–water partition coefficient (Wildman–Crippen LogP) is 5.55. The number of hydrogen-bond acceptors (Lipinski definition) is 8. The number of rotatable bonds is 6. The molecule has 1 atom stereocenters. The number of pyridine rings is 1. The molecule has 194 valence electrons. The molecule has 0 aliphatic carbocycles. The first-order valence-electron chi connectivity index (χ1n) is 12.0. The molecule has 39 heavy (non-hydrogen) atoms. The molecular formula is C28H21F2N7OS. The number of benzene rings is 2. The van der Waals surface area contributed by atoms with E-state index in [-0.39, 0.29) is 5.56 Å². The van der Waals surface area contributed by atoms with Gasteiger partial charge in [0.1, 0.15) is 23.3 Å². The Labute approximate surface area is 224 Å². The molecular weight excluding hydrogens is 520 g/mol. The average Bonchev–Trinajstić information content (AvgIpc) is 3.42. The van der Waals surface area contributed by atoms with E-state index in [0.29, 0.717) is 34.6 Å². The van der Waals surface area contributed by atoms with Crippen LogP contribution < -0.4 is 16.6 Å². The van der Waals surface area contributed by atoms with Gasteiger partial charge in [-0.3, -0.25) is 9.36 Å². The molecule has 0 unspecified atom stereocenters. The van der Waals surface area contributed by atoms with Crippen molar-refractivity contribution in [3.63, 3.8) is 0 Å². The van der Waals surface area contributed by atoms with Crippen LogP contribution in [0.2, 0.25) is 0 Å². The molecule has 0 fully saturated rings. The van der Waals surface area contributed by atoms with Crippen molar-refractivity contribution in [1.82, 2.24) is 24.5 Å². The van der Waals surface area contributed by atoms with Crippen LogP contribution in [-0.4, -0.2) is 24.5 Å². The van der Waals surface area contributed by atoms with Gasteiger partial charge in [0.05, 0.1) is 29.9 Å². The van der Waals surface area contributed by atoms with Crippen LogP contribution in [0.3, 0.4) is 0 Å². The van der Waals surface area contributed by atoms with E-state index in [0.717, 1.165) is 38.4 Å². The molecule has 0 saturated carbocycles. The minimum atomic E-state index is -0.971. The Morgan fingerprint density at radius 3 is 2.69 bits per heavy atom. The number of aromatic nitrogens is 5. The lowest BCUT2D eigenvalue weighted by atomic mass is 10.1. The van der Waals surface area contributed by atoms with Crippen molar-refractivity contribution in [1.29, 1.82) is 0 Å². The van der Waals surface area contributed by atoms with Crippen LogP contribution in [0.15, 0.2) is 78.2 Å². The largest absolute Gasteiger partial charge is 0.383 e. The molecule has 0 amide bonds. The maximum atomic E-state index is 13.8. The quantitative estimate of drug-likeness (QED) is 0.285. The Balaban J connectivity index is 1.28. The fourth-order valence-corrected chi connectivity index (χ4v) is 5.39. The highest BCUT2D eigenvalue weighted by atomic mass is 32.1. The zero-order valence-electron chi connectivity index (χ0n) is 20.6. The molecule has 6 rings (SSSR count). The lowest BCUT2D eigenvalue weighted by Gasteiger charge is -2.17. The molecule has 0 aliphatic heterocycles. The van der Waals surface area contributed by atoms with Crippen molar-refractivity contribution in [2.24, 2.45) is 0 Å². The van der Waals surface area contributed by atoms with E-state index in [9.17, 15) is 13.6 Å². The summed E-state index contributed by atoms with van der Waals surface area (Å²) in [6.07, 6.45) is 4.44. The molecule has 6 aromatic rings. The Hall–Kier alpha value is -4.77. The first-order valence-corrected chi connectivity index (χ1v) is 12.8. The standard InChI is InChI=1S/C28H21F2N7OS/c1-15(16-2-5-20(29)21(30)11-16)37-14-36-23-8-9-32-27(25(23)28(37)38)33-12-18-4-7-24(39-18)17-3-6-22-19(10-17)26(31)35-13-34-22/h2-11,13-15H,12H2,1H3,(H,32,33)(H2,31,34,35)/t15-/m0/s1. The van der Waals surface area contributed by atoms with E-state index >= 15 is 0 Å². The van der Waals surface area contributed by atoms with Crippen LogP contribution in [0.5, 0.6) is 0 Å². The highest BCUT2D eigenvalue weighted by Gasteiger charge is 2.17. The van der Waals surface area contributed by atoms with Crippen molar-refractivity contribution < 1.29 is 8.78 Å². The summed E-state index contributed by atoms with van der Waals surface area (Å²) in [7, 11) is 0. The summed E-state index contributed by atoms with van der Waals surface area (Å²) < 4.78 is 28.6. The monoisotopic (exact) mass is 541 g/mol. The third-order valence-corrected chi connectivity index (χ3v) is 7.72. The molecule has 8 nitrogen and oxygen atoms in total. The molecule has 2 aromatic carbocycles. The van der Waals surface area contributed by atoms with Crippen LogP contribution in [-0.2, 0) is 6.54 Å².